The molecule has 0 unspecified atom stereocenters. The molecule has 0 aromatic carbocycles. The van der Waals surface area contributed by atoms with E-state index in [0.29, 0.717) is 13.1 Å². The van der Waals surface area contributed by atoms with E-state index < -0.39 is 5.60 Å². The highest BCUT2D eigenvalue weighted by molar-refractivity contribution is 7.21. The molecule has 0 radical (unpaired) electrons. The number of fused-ring (bicyclic) bond motifs is 1. The summed E-state index contributed by atoms with van der Waals surface area (Å²) in [5.74, 6) is 0. The van der Waals surface area contributed by atoms with Crippen LogP contribution < -0.4 is 4.90 Å². The van der Waals surface area contributed by atoms with Crippen LogP contribution in [0.4, 0.5) is 9.93 Å². The molecule has 0 atom stereocenters. The topological polar surface area (TPSA) is 58.6 Å². The van der Waals surface area contributed by atoms with E-state index >= 15 is 0 Å². The third-order valence-electron chi connectivity index (χ3n) is 3.36. The summed E-state index contributed by atoms with van der Waals surface area (Å²) >= 11 is 1.59. The van der Waals surface area contributed by atoms with Crippen LogP contribution in [0.5, 0.6) is 0 Å². The average molecular weight is 320 g/mol. The van der Waals surface area contributed by atoms with Crippen molar-refractivity contribution in [3.8, 4) is 0 Å². The van der Waals surface area contributed by atoms with Gasteiger partial charge in [0.15, 0.2) is 5.13 Å². The van der Waals surface area contributed by atoms with Crippen molar-refractivity contribution < 1.29 is 9.53 Å². The van der Waals surface area contributed by atoms with Gasteiger partial charge in [0.05, 0.1) is 0 Å². The van der Waals surface area contributed by atoms with E-state index in [9.17, 15) is 4.79 Å². The molecule has 118 valence electrons. The molecule has 22 heavy (non-hydrogen) atoms. The number of thiazole rings is 1. The Hall–Kier alpha value is -1.89. The lowest BCUT2D eigenvalue weighted by molar-refractivity contribution is 0.0240. The van der Waals surface area contributed by atoms with Gasteiger partial charge in [-0.25, -0.2) is 14.8 Å². The lowest BCUT2D eigenvalue weighted by Crippen LogP contribution is -2.50. The van der Waals surface area contributed by atoms with Crippen LogP contribution in [0.25, 0.3) is 10.3 Å². The number of carbonyl (C=O) groups is 1. The maximum absolute atomic E-state index is 12.1. The van der Waals surface area contributed by atoms with E-state index in [1.165, 1.54) is 0 Å². The van der Waals surface area contributed by atoms with Gasteiger partial charge >= 0.3 is 6.09 Å². The van der Waals surface area contributed by atoms with Crippen LogP contribution in [0.1, 0.15) is 20.8 Å². The molecule has 0 N–H and O–H groups in total. The van der Waals surface area contributed by atoms with Crippen LogP contribution in [-0.2, 0) is 4.74 Å². The van der Waals surface area contributed by atoms with Crippen LogP contribution >= 0.6 is 11.3 Å². The van der Waals surface area contributed by atoms with Crippen LogP contribution in [0, 0.1) is 0 Å². The molecule has 3 rings (SSSR count). The number of aromatic nitrogens is 2. The highest BCUT2D eigenvalue weighted by atomic mass is 32.1. The Balaban J connectivity index is 1.63. The van der Waals surface area contributed by atoms with Crippen LogP contribution in [0.2, 0.25) is 0 Å². The van der Waals surface area contributed by atoms with Crippen molar-refractivity contribution in [2.45, 2.75) is 26.4 Å². The second-order valence-electron chi connectivity index (χ2n) is 6.28. The third-order valence-corrected chi connectivity index (χ3v) is 4.40. The monoisotopic (exact) mass is 320 g/mol. The van der Waals surface area contributed by atoms with Gasteiger partial charge in [-0.1, -0.05) is 11.3 Å². The maximum atomic E-state index is 12.1. The zero-order valence-corrected chi connectivity index (χ0v) is 13.9. The number of piperazine rings is 1. The maximum Gasteiger partial charge on any atom is 0.410 e. The molecule has 0 saturated carbocycles. The number of pyridine rings is 1. The summed E-state index contributed by atoms with van der Waals surface area (Å²) in [5.41, 5.74) is 0.476. The van der Waals surface area contributed by atoms with Gasteiger partial charge < -0.3 is 14.5 Å². The Morgan fingerprint density at radius 1 is 1.27 bits per heavy atom. The van der Waals surface area contributed by atoms with Gasteiger partial charge in [-0.3, -0.25) is 0 Å². The molecule has 1 amide bonds. The first-order valence-electron chi connectivity index (χ1n) is 7.37. The second-order valence-corrected chi connectivity index (χ2v) is 7.23. The van der Waals surface area contributed by atoms with Crippen molar-refractivity contribution in [3.63, 3.8) is 0 Å². The number of ether oxygens (including phenoxy) is 1. The van der Waals surface area contributed by atoms with Crippen LogP contribution in [0.15, 0.2) is 18.3 Å². The van der Waals surface area contributed by atoms with Crippen molar-refractivity contribution in [1.29, 1.82) is 0 Å². The van der Waals surface area contributed by atoms with E-state index in [4.69, 9.17) is 4.74 Å². The molecule has 6 nitrogen and oxygen atoms in total. The molecule has 1 aliphatic heterocycles. The van der Waals surface area contributed by atoms with E-state index in [-0.39, 0.29) is 6.09 Å². The number of hydrogen-bond donors (Lipinski definition) is 0. The quantitative estimate of drug-likeness (QED) is 0.808. The molecule has 0 spiro atoms. The molecule has 1 fully saturated rings. The number of hydrogen-bond acceptors (Lipinski definition) is 6. The number of anilines is 1. The Labute approximate surface area is 133 Å². The summed E-state index contributed by atoms with van der Waals surface area (Å²) in [6.07, 6.45) is 1.54. The molecule has 2 aromatic heterocycles. The number of rotatable bonds is 1. The highest BCUT2D eigenvalue weighted by Gasteiger charge is 2.26. The standard InChI is InChI=1S/C15H20N4O2S/c1-15(2,3)21-14(20)19-9-7-18(8-10-19)13-17-11-5-4-6-16-12(11)22-13/h4-6H,7-10H2,1-3H3. The Kier molecular flexibility index (Phi) is 3.90. The number of nitrogens with zero attached hydrogens (tertiary/aromatic N) is 4. The summed E-state index contributed by atoms with van der Waals surface area (Å²) in [4.78, 5) is 25.9. The fourth-order valence-electron chi connectivity index (χ4n) is 2.30. The van der Waals surface area contributed by atoms with Crippen molar-refractivity contribution in [2.24, 2.45) is 0 Å². The normalized spacial score (nSPS) is 16.1. The summed E-state index contributed by atoms with van der Waals surface area (Å²) in [5, 5.41) is 0.970. The Bertz CT molecular complexity index is 638. The van der Waals surface area contributed by atoms with Gasteiger partial charge in [0.1, 0.15) is 15.9 Å². The van der Waals surface area contributed by atoms with Gasteiger partial charge in [0.2, 0.25) is 0 Å². The summed E-state index contributed by atoms with van der Waals surface area (Å²) < 4.78 is 5.41. The van der Waals surface area contributed by atoms with Gasteiger partial charge in [0.25, 0.3) is 0 Å². The molecule has 2 aromatic rings. The van der Waals surface area contributed by atoms with Crippen LogP contribution in [0.3, 0.4) is 0 Å². The minimum atomic E-state index is -0.451. The Morgan fingerprint density at radius 3 is 2.64 bits per heavy atom. The summed E-state index contributed by atoms with van der Waals surface area (Å²) in [6.45, 7) is 8.48. The smallest absolute Gasteiger partial charge is 0.410 e. The fraction of sp³-hybridized carbons (Fsp3) is 0.533. The third kappa shape index (κ3) is 3.30. The van der Waals surface area contributed by atoms with Crippen LogP contribution in [-0.4, -0.2) is 52.7 Å². The van der Waals surface area contributed by atoms with Crippen molar-refractivity contribution in [2.75, 3.05) is 31.1 Å². The van der Waals surface area contributed by atoms with E-state index in [2.05, 4.69) is 14.9 Å². The van der Waals surface area contributed by atoms with Gasteiger partial charge in [-0.05, 0) is 32.9 Å². The van der Waals surface area contributed by atoms with E-state index in [1.54, 1.807) is 22.4 Å². The zero-order valence-electron chi connectivity index (χ0n) is 13.1. The van der Waals surface area contributed by atoms with E-state index in [1.807, 2.05) is 32.9 Å². The molecular formula is C15H20N4O2S. The molecule has 0 aliphatic carbocycles. The van der Waals surface area contributed by atoms with Crippen molar-refractivity contribution in [3.05, 3.63) is 18.3 Å². The lowest BCUT2D eigenvalue weighted by atomic mass is 10.2. The summed E-state index contributed by atoms with van der Waals surface area (Å²) in [6, 6.07) is 3.87. The average Bonchev–Trinajstić information content (AvgIpc) is 2.89. The molecule has 1 aliphatic rings. The SMILES string of the molecule is CC(C)(C)OC(=O)N1CCN(c2nc3cccnc3s2)CC1. The number of carbonyl (C=O) groups excluding carboxylic acids is 1. The van der Waals surface area contributed by atoms with Crippen molar-refractivity contribution >= 4 is 32.9 Å². The first-order valence-corrected chi connectivity index (χ1v) is 8.18. The minimum Gasteiger partial charge on any atom is -0.444 e. The highest BCUT2D eigenvalue weighted by Crippen LogP contribution is 2.27. The largest absolute Gasteiger partial charge is 0.444 e. The lowest BCUT2D eigenvalue weighted by Gasteiger charge is -2.35. The van der Waals surface area contributed by atoms with Gasteiger partial charge in [0, 0.05) is 32.4 Å². The first-order chi connectivity index (χ1) is 10.4. The molecule has 1 saturated heterocycles. The van der Waals surface area contributed by atoms with E-state index in [0.717, 1.165) is 28.6 Å². The Morgan fingerprint density at radius 2 is 2.00 bits per heavy atom. The first kappa shape index (κ1) is 15.0. The molecule has 3 heterocycles. The van der Waals surface area contributed by atoms with Crippen molar-refractivity contribution in [1.82, 2.24) is 14.9 Å². The predicted molar refractivity (Wildman–Crippen MR) is 87.4 cm³/mol. The van der Waals surface area contributed by atoms with Gasteiger partial charge in [-0.2, -0.15) is 0 Å². The molecule has 7 heteroatoms. The zero-order chi connectivity index (χ0) is 15.7. The van der Waals surface area contributed by atoms with Gasteiger partial charge in [-0.15, -0.1) is 0 Å². The number of amides is 1. The second kappa shape index (κ2) is 5.72. The minimum absolute atomic E-state index is 0.238. The molecular weight excluding hydrogens is 300 g/mol. The fourth-order valence-corrected chi connectivity index (χ4v) is 3.26. The molecule has 0 bridgehead atoms. The predicted octanol–water partition coefficient (Wildman–Crippen LogP) is 2.75. The summed E-state index contributed by atoms with van der Waals surface area (Å²) in [7, 11) is 0.